The third-order valence-corrected chi connectivity index (χ3v) is 7.86. The van der Waals surface area contributed by atoms with E-state index < -0.39 is 12.3 Å². The van der Waals surface area contributed by atoms with Crippen LogP contribution in [-0.4, -0.2) is 12.3 Å². The second kappa shape index (κ2) is 9.87. The Labute approximate surface area is 160 Å². The third-order valence-electron chi connectivity index (χ3n) is 7.86. The molecule has 0 N–H and O–H groups in total. The van der Waals surface area contributed by atoms with Crippen LogP contribution < -0.4 is 0 Å². The van der Waals surface area contributed by atoms with Gasteiger partial charge in [0.25, 0.3) is 0 Å². The summed E-state index contributed by atoms with van der Waals surface area (Å²) in [5.41, 5.74) is 0. The monoisotopic (exact) mass is 366 g/mol. The number of rotatable bonds is 6. The van der Waals surface area contributed by atoms with E-state index in [2.05, 4.69) is 6.92 Å². The van der Waals surface area contributed by atoms with Crippen molar-refractivity contribution in [3.8, 4) is 0 Å². The van der Waals surface area contributed by atoms with Crippen LogP contribution in [0.3, 0.4) is 0 Å². The molecular weight excluding hydrogens is 326 g/mol. The summed E-state index contributed by atoms with van der Waals surface area (Å²) in [4.78, 5) is 0. The predicted octanol–water partition coefficient (Wildman–Crippen LogP) is 7.82. The first kappa shape index (κ1) is 20.6. The zero-order valence-corrected chi connectivity index (χ0v) is 17.1. The van der Waals surface area contributed by atoms with Gasteiger partial charge in [-0.15, -0.1) is 0 Å². The molecule has 4 unspecified atom stereocenters. The molecule has 0 heterocycles. The normalized spacial score (nSPS) is 36.5. The lowest BCUT2D eigenvalue weighted by atomic mass is 9.64. The molecule has 0 aliphatic heterocycles. The SMILES string of the molecule is CCCCCC1CC[C](C2CC[C](C3CCC(C)C(F)C3F)CC2)CC1. The molecule has 3 aliphatic carbocycles. The summed E-state index contributed by atoms with van der Waals surface area (Å²) < 4.78 is 28.6. The number of hydrogen-bond acceptors (Lipinski definition) is 0. The molecule has 3 saturated carbocycles. The number of halogens is 2. The van der Waals surface area contributed by atoms with Crippen LogP contribution in [0.4, 0.5) is 8.78 Å². The third kappa shape index (κ3) is 5.02. The zero-order valence-electron chi connectivity index (χ0n) is 17.1. The quantitative estimate of drug-likeness (QED) is 0.420. The minimum atomic E-state index is -1.24. The summed E-state index contributed by atoms with van der Waals surface area (Å²) in [6.45, 7) is 4.15. The van der Waals surface area contributed by atoms with Crippen molar-refractivity contribution in [2.45, 2.75) is 116 Å². The van der Waals surface area contributed by atoms with Gasteiger partial charge in [0.1, 0.15) is 12.3 Å². The molecule has 2 heteroatoms. The highest BCUT2D eigenvalue weighted by Crippen LogP contribution is 2.48. The molecule has 0 spiro atoms. The minimum absolute atomic E-state index is 0.0820. The average molecular weight is 367 g/mol. The van der Waals surface area contributed by atoms with Gasteiger partial charge in [-0.3, -0.25) is 0 Å². The first-order valence-corrected chi connectivity index (χ1v) is 11.6. The predicted molar refractivity (Wildman–Crippen MR) is 106 cm³/mol. The van der Waals surface area contributed by atoms with Crippen LogP contribution >= 0.6 is 0 Å². The number of alkyl halides is 2. The van der Waals surface area contributed by atoms with Crippen molar-refractivity contribution in [2.75, 3.05) is 0 Å². The maximum Gasteiger partial charge on any atom is 0.135 e. The molecule has 26 heavy (non-hydrogen) atoms. The van der Waals surface area contributed by atoms with E-state index in [4.69, 9.17) is 0 Å². The van der Waals surface area contributed by atoms with E-state index in [1.54, 1.807) is 0 Å². The van der Waals surface area contributed by atoms with Crippen molar-refractivity contribution in [3.63, 3.8) is 0 Å². The van der Waals surface area contributed by atoms with Gasteiger partial charge in [-0.1, -0.05) is 39.5 Å². The zero-order chi connectivity index (χ0) is 18.5. The molecule has 0 nitrogen and oxygen atoms in total. The molecular formula is C24H40F2. The van der Waals surface area contributed by atoms with Gasteiger partial charge >= 0.3 is 0 Å². The van der Waals surface area contributed by atoms with Crippen molar-refractivity contribution in [3.05, 3.63) is 11.8 Å². The highest BCUT2D eigenvalue weighted by molar-refractivity contribution is 5.10. The van der Waals surface area contributed by atoms with Crippen LogP contribution in [0, 0.1) is 35.5 Å². The Morgan fingerprint density at radius 1 is 0.769 bits per heavy atom. The van der Waals surface area contributed by atoms with Gasteiger partial charge in [0.05, 0.1) is 0 Å². The topological polar surface area (TPSA) is 0 Å². The second-order valence-electron chi connectivity index (χ2n) is 9.58. The summed E-state index contributed by atoms with van der Waals surface area (Å²) in [5, 5.41) is 0. The highest BCUT2D eigenvalue weighted by atomic mass is 19.2. The van der Waals surface area contributed by atoms with Crippen LogP contribution in [0.25, 0.3) is 0 Å². The van der Waals surface area contributed by atoms with Gasteiger partial charge in [-0.25, -0.2) is 8.78 Å². The van der Waals surface area contributed by atoms with Crippen molar-refractivity contribution in [1.29, 1.82) is 0 Å². The Balaban J connectivity index is 1.39. The van der Waals surface area contributed by atoms with Crippen molar-refractivity contribution >= 4 is 0 Å². The van der Waals surface area contributed by atoms with Crippen LogP contribution in [-0.2, 0) is 0 Å². The summed E-state index contributed by atoms with van der Waals surface area (Å²) in [7, 11) is 0. The highest BCUT2D eigenvalue weighted by Gasteiger charge is 2.43. The molecule has 0 bridgehead atoms. The standard InChI is InChI=1S/C24H40F2/c1-3-4-5-6-18-8-10-19(11-9-18)20-12-14-21(15-13-20)22-16-7-17(2)23(25)24(22)26/h17-18,20,22-24H,3-16H2,1-2H3. The molecule has 0 aromatic carbocycles. The Hall–Kier alpha value is -0.140. The molecule has 3 rings (SSSR count). The lowest BCUT2D eigenvalue weighted by Crippen LogP contribution is -2.40. The van der Waals surface area contributed by atoms with Gasteiger partial charge in [-0.05, 0) is 99.7 Å². The van der Waals surface area contributed by atoms with Crippen LogP contribution in [0.2, 0.25) is 0 Å². The molecule has 0 saturated heterocycles. The molecule has 3 fully saturated rings. The second-order valence-corrected chi connectivity index (χ2v) is 9.58. The molecule has 3 aliphatic rings. The average Bonchev–Trinajstić information content (AvgIpc) is 2.67. The van der Waals surface area contributed by atoms with Gasteiger partial charge in [0, 0.05) is 0 Å². The van der Waals surface area contributed by atoms with E-state index in [0.29, 0.717) is 0 Å². The maximum absolute atomic E-state index is 14.5. The van der Waals surface area contributed by atoms with E-state index in [9.17, 15) is 8.78 Å². The van der Waals surface area contributed by atoms with Gasteiger partial charge in [-0.2, -0.15) is 0 Å². The maximum atomic E-state index is 14.5. The van der Waals surface area contributed by atoms with Crippen molar-refractivity contribution in [2.24, 2.45) is 23.7 Å². The van der Waals surface area contributed by atoms with Gasteiger partial charge < -0.3 is 0 Å². The van der Waals surface area contributed by atoms with E-state index in [0.717, 1.165) is 37.5 Å². The summed E-state index contributed by atoms with van der Waals surface area (Å²) in [6.07, 6.45) is 14.9. The summed E-state index contributed by atoms with van der Waals surface area (Å²) in [6, 6.07) is 0. The fourth-order valence-electron chi connectivity index (χ4n) is 5.92. The van der Waals surface area contributed by atoms with Crippen LogP contribution in [0.15, 0.2) is 0 Å². The molecule has 0 amide bonds. The molecule has 0 aromatic heterocycles. The van der Waals surface area contributed by atoms with E-state index in [-0.39, 0.29) is 11.8 Å². The van der Waals surface area contributed by atoms with E-state index >= 15 is 0 Å². The molecule has 4 atom stereocenters. The molecule has 2 radical (unpaired) electrons. The summed E-state index contributed by atoms with van der Waals surface area (Å²) >= 11 is 0. The Morgan fingerprint density at radius 2 is 1.42 bits per heavy atom. The first-order valence-electron chi connectivity index (χ1n) is 11.6. The van der Waals surface area contributed by atoms with Crippen molar-refractivity contribution in [1.82, 2.24) is 0 Å². The fourth-order valence-corrected chi connectivity index (χ4v) is 5.92. The first-order chi connectivity index (χ1) is 12.6. The van der Waals surface area contributed by atoms with Gasteiger partial charge in [0.2, 0.25) is 0 Å². The lowest BCUT2D eigenvalue weighted by molar-refractivity contribution is 0.0287. The molecule has 0 aromatic rings. The van der Waals surface area contributed by atoms with E-state index in [1.165, 1.54) is 70.1 Å². The largest absolute Gasteiger partial charge is 0.244 e. The Morgan fingerprint density at radius 3 is 2.08 bits per heavy atom. The Kier molecular flexibility index (Phi) is 7.82. The fraction of sp³-hybridized carbons (Fsp3) is 0.917. The summed E-state index contributed by atoms with van der Waals surface area (Å²) in [5.74, 6) is 4.74. The lowest BCUT2D eigenvalue weighted by Gasteiger charge is -2.42. The Bertz CT molecular complexity index is 393. The van der Waals surface area contributed by atoms with Gasteiger partial charge in [0.15, 0.2) is 0 Å². The van der Waals surface area contributed by atoms with Crippen LogP contribution in [0.5, 0.6) is 0 Å². The van der Waals surface area contributed by atoms with Crippen LogP contribution in [0.1, 0.15) is 104 Å². The number of unbranched alkanes of at least 4 members (excludes halogenated alkanes) is 2. The smallest absolute Gasteiger partial charge is 0.135 e. The number of hydrogen-bond donors (Lipinski definition) is 0. The van der Waals surface area contributed by atoms with E-state index in [1.807, 2.05) is 12.8 Å². The van der Waals surface area contributed by atoms with Crippen molar-refractivity contribution < 1.29 is 8.78 Å². The minimum Gasteiger partial charge on any atom is -0.244 e. The molecule has 150 valence electrons.